The van der Waals surface area contributed by atoms with Crippen LogP contribution in [0.4, 0.5) is 8.78 Å². The molecule has 5 rings (SSSR count). The number of ether oxygens (including phenoxy) is 1. The van der Waals surface area contributed by atoms with Gasteiger partial charge in [-0.05, 0) is 35.9 Å². The molecule has 8 nitrogen and oxygen atoms in total. The second-order valence-electron chi connectivity index (χ2n) is 7.46. The zero-order valence-corrected chi connectivity index (χ0v) is 17.9. The summed E-state index contributed by atoms with van der Waals surface area (Å²) in [7, 11) is 1.39. The van der Waals surface area contributed by atoms with Crippen LogP contribution in [0.15, 0.2) is 61.1 Å². The highest BCUT2D eigenvalue weighted by molar-refractivity contribution is 5.97. The molecule has 0 bridgehead atoms. The molecule has 0 spiro atoms. The molecule has 3 N–H and O–H groups in total. The second-order valence-corrected chi connectivity index (χ2v) is 7.46. The predicted molar refractivity (Wildman–Crippen MR) is 121 cm³/mol. The normalized spacial score (nSPS) is 11.0. The minimum atomic E-state index is -0.570. The number of carbonyl (C=O) groups excluding carboxylic acids is 1. The maximum absolute atomic E-state index is 14.9. The smallest absolute Gasteiger partial charge is 0.255 e. The van der Waals surface area contributed by atoms with Crippen LogP contribution >= 0.6 is 0 Å². The zero-order chi connectivity index (χ0) is 23.7. The van der Waals surface area contributed by atoms with E-state index in [0.717, 1.165) is 17.2 Å². The number of nitrogens with zero attached hydrogens (tertiary/aromatic N) is 3. The van der Waals surface area contributed by atoms with Gasteiger partial charge in [-0.2, -0.15) is 5.10 Å². The van der Waals surface area contributed by atoms with Crippen LogP contribution in [0.3, 0.4) is 0 Å². The molecule has 34 heavy (non-hydrogen) atoms. The van der Waals surface area contributed by atoms with E-state index in [-0.39, 0.29) is 23.4 Å². The van der Waals surface area contributed by atoms with Gasteiger partial charge in [0.2, 0.25) is 0 Å². The van der Waals surface area contributed by atoms with Crippen molar-refractivity contribution < 1.29 is 18.3 Å². The molecule has 2 aromatic carbocycles. The van der Waals surface area contributed by atoms with Crippen molar-refractivity contribution in [3.05, 3.63) is 83.8 Å². The summed E-state index contributed by atoms with van der Waals surface area (Å²) in [5.41, 5.74) is 3.59. The van der Waals surface area contributed by atoms with Crippen molar-refractivity contribution >= 4 is 17.1 Å². The number of methoxy groups -OCH3 is 1. The Kier molecular flexibility index (Phi) is 5.46. The molecule has 0 saturated heterocycles. The van der Waals surface area contributed by atoms with E-state index in [2.05, 4.69) is 30.5 Å². The summed E-state index contributed by atoms with van der Waals surface area (Å²) in [5, 5.41) is 9.26. The van der Waals surface area contributed by atoms with Gasteiger partial charge in [-0.1, -0.05) is 12.1 Å². The molecule has 0 atom stereocenters. The van der Waals surface area contributed by atoms with Crippen LogP contribution in [0.2, 0.25) is 0 Å². The molecule has 0 radical (unpaired) electrons. The minimum absolute atomic E-state index is 0.0337. The van der Waals surface area contributed by atoms with Crippen molar-refractivity contribution in [1.29, 1.82) is 0 Å². The monoisotopic (exact) mass is 460 g/mol. The fourth-order valence-corrected chi connectivity index (χ4v) is 3.66. The van der Waals surface area contributed by atoms with Gasteiger partial charge in [-0.15, -0.1) is 0 Å². The molecule has 0 aliphatic carbocycles. The number of imidazole rings is 1. The number of amides is 1. The Bertz CT molecular complexity index is 1500. The topological polar surface area (TPSA) is 109 Å². The van der Waals surface area contributed by atoms with E-state index >= 15 is 0 Å². The van der Waals surface area contributed by atoms with E-state index in [9.17, 15) is 13.6 Å². The van der Waals surface area contributed by atoms with Crippen LogP contribution < -0.4 is 10.1 Å². The fraction of sp³-hybridized carbons (Fsp3) is 0.0833. The van der Waals surface area contributed by atoms with Gasteiger partial charge in [0.1, 0.15) is 23.2 Å². The Morgan fingerprint density at radius 3 is 2.76 bits per heavy atom. The van der Waals surface area contributed by atoms with E-state index in [1.807, 2.05) is 0 Å². The third kappa shape index (κ3) is 3.96. The van der Waals surface area contributed by atoms with Gasteiger partial charge in [0.05, 0.1) is 30.0 Å². The molecular formula is C24H18F2N6O2. The number of pyridine rings is 1. The Morgan fingerprint density at radius 2 is 2.00 bits per heavy atom. The number of halogens is 2. The van der Waals surface area contributed by atoms with Crippen LogP contribution in [-0.2, 0) is 6.54 Å². The SMILES string of the molecule is COc1ccc(F)cc1C(=O)NCc1ccc(-c2ccnc3nc(-c4cn[nH]c4)[nH]c23)cc1F. The average Bonchev–Trinajstić information content (AvgIpc) is 3.52. The molecule has 3 aromatic heterocycles. The fourth-order valence-electron chi connectivity index (χ4n) is 3.66. The lowest BCUT2D eigenvalue weighted by atomic mass is 10.0. The van der Waals surface area contributed by atoms with Crippen LogP contribution in [0.25, 0.3) is 33.7 Å². The van der Waals surface area contributed by atoms with Gasteiger partial charge in [-0.3, -0.25) is 9.89 Å². The summed E-state index contributed by atoms with van der Waals surface area (Å²) in [6, 6.07) is 10.1. The lowest BCUT2D eigenvalue weighted by Gasteiger charge is -2.11. The number of carbonyl (C=O) groups is 1. The molecule has 170 valence electrons. The molecule has 0 unspecified atom stereocenters. The lowest BCUT2D eigenvalue weighted by Crippen LogP contribution is -2.24. The molecular weight excluding hydrogens is 442 g/mol. The van der Waals surface area contributed by atoms with Gasteiger partial charge in [0.25, 0.3) is 5.91 Å². The molecule has 0 aliphatic rings. The van der Waals surface area contributed by atoms with E-state index < -0.39 is 17.5 Å². The molecule has 0 aliphatic heterocycles. The standard InChI is InChI=1S/C24H18F2N6O2/c1-34-20-5-4-16(25)9-18(20)24(33)28-10-14-3-2-13(8-19(14)26)17-6-7-27-23-21(17)31-22(32-23)15-11-29-30-12-15/h2-9,11-12H,10H2,1H3,(H,28,33)(H,29,30)(H,27,31,32). The summed E-state index contributed by atoms with van der Waals surface area (Å²) >= 11 is 0. The van der Waals surface area contributed by atoms with Crippen molar-refractivity contribution in [2.75, 3.05) is 7.11 Å². The molecule has 0 saturated carbocycles. The van der Waals surface area contributed by atoms with E-state index in [1.54, 1.807) is 36.8 Å². The number of rotatable bonds is 6. The number of H-pyrrole nitrogens is 2. The number of nitrogens with one attached hydrogen (secondary N) is 3. The van der Waals surface area contributed by atoms with Crippen molar-refractivity contribution in [2.45, 2.75) is 6.54 Å². The zero-order valence-electron chi connectivity index (χ0n) is 17.9. The lowest BCUT2D eigenvalue weighted by molar-refractivity contribution is 0.0947. The van der Waals surface area contributed by atoms with Gasteiger partial charge in [-0.25, -0.2) is 18.7 Å². The van der Waals surface area contributed by atoms with Crippen molar-refractivity contribution in [2.24, 2.45) is 0 Å². The maximum atomic E-state index is 14.9. The number of aromatic nitrogens is 5. The number of fused-ring (bicyclic) bond motifs is 1. The Labute approximate surface area is 192 Å². The Hall–Kier alpha value is -4.60. The molecule has 0 fully saturated rings. The first-order chi connectivity index (χ1) is 16.5. The minimum Gasteiger partial charge on any atom is -0.496 e. The second kappa shape index (κ2) is 8.74. The summed E-state index contributed by atoms with van der Waals surface area (Å²) in [4.78, 5) is 24.5. The van der Waals surface area contributed by atoms with E-state index in [1.165, 1.54) is 25.3 Å². The van der Waals surface area contributed by atoms with Gasteiger partial charge < -0.3 is 15.0 Å². The summed E-state index contributed by atoms with van der Waals surface area (Å²) in [6.45, 7) is -0.0783. The largest absolute Gasteiger partial charge is 0.496 e. The quantitative estimate of drug-likeness (QED) is 0.351. The number of hydrogen-bond acceptors (Lipinski definition) is 5. The highest BCUT2D eigenvalue weighted by Gasteiger charge is 2.16. The highest BCUT2D eigenvalue weighted by atomic mass is 19.1. The predicted octanol–water partition coefficient (Wildman–Crippen LogP) is 4.23. The van der Waals surface area contributed by atoms with Gasteiger partial charge in [0, 0.05) is 30.1 Å². The maximum Gasteiger partial charge on any atom is 0.255 e. The van der Waals surface area contributed by atoms with Gasteiger partial charge in [0.15, 0.2) is 5.65 Å². The van der Waals surface area contributed by atoms with Crippen molar-refractivity contribution in [1.82, 2.24) is 30.5 Å². The Balaban J connectivity index is 1.39. The molecule has 3 heterocycles. The van der Waals surface area contributed by atoms with Crippen LogP contribution in [0.5, 0.6) is 5.75 Å². The first kappa shape index (κ1) is 21.3. The molecule has 1 amide bonds. The Morgan fingerprint density at radius 1 is 1.12 bits per heavy atom. The van der Waals surface area contributed by atoms with Crippen molar-refractivity contribution in [3.8, 4) is 28.3 Å². The molecule has 5 aromatic rings. The number of aromatic amines is 2. The van der Waals surface area contributed by atoms with E-state index in [0.29, 0.717) is 22.6 Å². The summed E-state index contributed by atoms with van der Waals surface area (Å²) in [5.74, 6) is -0.814. The van der Waals surface area contributed by atoms with Crippen LogP contribution in [-0.4, -0.2) is 38.2 Å². The molecule has 10 heteroatoms. The number of benzene rings is 2. The van der Waals surface area contributed by atoms with E-state index in [4.69, 9.17) is 4.74 Å². The van der Waals surface area contributed by atoms with Crippen LogP contribution in [0, 0.1) is 11.6 Å². The third-order valence-corrected chi connectivity index (χ3v) is 5.37. The first-order valence-corrected chi connectivity index (χ1v) is 10.3. The van der Waals surface area contributed by atoms with Crippen LogP contribution in [0.1, 0.15) is 15.9 Å². The average molecular weight is 460 g/mol. The summed E-state index contributed by atoms with van der Waals surface area (Å²) < 4.78 is 33.6. The summed E-state index contributed by atoms with van der Waals surface area (Å²) in [6.07, 6.45) is 4.95. The first-order valence-electron chi connectivity index (χ1n) is 10.3. The van der Waals surface area contributed by atoms with Gasteiger partial charge >= 0.3 is 0 Å². The third-order valence-electron chi connectivity index (χ3n) is 5.37. The highest BCUT2D eigenvalue weighted by Crippen LogP contribution is 2.29. The number of hydrogen-bond donors (Lipinski definition) is 3. The van der Waals surface area contributed by atoms with Crippen molar-refractivity contribution in [3.63, 3.8) is 0 Å².